The van der Waals surface area contributed by atoms with E-state index in [9.17, 15) is 19.2 Å². The highest BCUT2D eigenvalue weighted by Crippen LogP contribution is 2.20. The number of nitrogens with one attached hydrogen (secondary N) is 1. The van der Waals surface area contributed by atoms with Crippen LogP contribution in [-0.4, -0.2) is 41.6 Å². The number of aliphatic carboxylic acids is 1. The van der Waals surface area contributed by atoms with Gasteiger partial charge in [0.25, 0.3) is 17.5 Å². The summed E-state index contributed by atoms with van der Waals surface area (Å²) in [5.74, 6) is -1.79. The van der Waals surface area contributed by atoms with E-state index in [0.29, 0.717) is 17.3 Å². The summed E-state index contributed by atoms with van der Waals surface area (Å²) in [4.78, 5) is 45.7. The summed E-state index contributed by atoms with van der Waals surface area (Å²) in [5.41, 5.74) is 5.85. The number of Topliss-reactive ketones (excluding diaryl/α,β-unsaturated/α-hetero) is 2. The van der Waals surface area contributed by atoms with Crippen LogP contribution in [0.25, 0.3) is 0 Å². The minimum Gasteiger partial charge on any atom is -0.475 e. The zero-order valence-electron chi connectivity index (χ0n) is 34.0. The summed E-state index contributed by atoms with van der Waals surface area (Å²) in [6, 6.07) is 6.65. The van der Waals surface area contributed by atoms with Crippen molar-refractivity contribution in [2.75, 3.05) is 13.1 Å². The second-order valence-electron chi connectivity index (χ2n) is 14.4. The first-order chi connectivity index (χ1) is 25.7. The average Bonchev–Trinajstić information content (AvgIpc) is 3.91. The van der Waals surface area contributed by atoms with Crippen molar-refractivity contribution in [3.63, 3.8) is 0 Å². The predicted octanol–water partition coefficient (Wildman–Crippen LogP) is 12.7. The zero-order chi connectivity index (χ0) is 39.4. The quantitative estimate of drug-likeness (QED) is 0.0397. The molecule has 0 aliphatic heterocycles. The number of amides is 1. The Hall–Kier alpha value is -2.36. The molecule has 0 bridgehead atoms. The third kappa shape index (κ3) is 28.7. The molecule has 9 heteroatoms. The molecule has 2 aromatic heterocycles. The van der Waals surface area contributed by atoms with E-state index in [0.717, 1.165) is 36.6 Å². The van der Waals surface area contributed by atoms with Crippen molar-refractivity contribution in [3.05, 3.63) is 44.8 Å². The molecule has 0 aromatic carbocycles. The van der Waals surface area contributed by atoms with Gasteiger partial charge in [0.1, 0.15) is 0 Å². The number of carbonyl (C=O) groups is 4. The van der Waals surface area contributed by atoms with Crippen LogP contribution >= 0.6 is 22.7 Å². The Balaban J connectivity index is 0.000000853. The zero-order valence-corrected chi connectivity index (χ0v) is 35.6. The van der Waals surface area contributed by atoms with E-state index in [1.54, 1.807) is 23.6 Å². The highest BCUT2D eigenvalue weighted by Gasteiger charge is 2.19. The molecule has 0 fully saturated rings. The van der Waals surface area contributed by atoms with Crippen LogP contribution in [0.3, 0.4) is 0 Å². The van der Waals surface area contributed by atoms with Crippen LogP contribution in [0.15, 0.2) is 35.0 Å². The van der Waals surface area contributed by atoms with Crippen LogP contribution in [0, 0.1) is 11.8 Å². The predicted molar refractivity (Wildman–Crippen MR) is 227 cm³/mol. The van der Waals surface area contributed by atoms with E-state index >= 15 is 0 Å². The van der Waals surface area contributed by atoms with E-state index in [1.807, 2.05) is 5.38 Å². The third-order valence-electron chi connectivity index (χ3n) is 9.64. The Morgan fingerprint density at radius 2 is 0.925 bits per heavy atom. The van der Waals surface area contributed by atoms with Crippen molar-refractivity contribution in [2.45, 2.75) is 182 Å². The molecule has 53 heavy (non-hydrogen) atoms. The number of unbranched alkanes of at least 4 members (excludes halogenated alkanes) is 16. The van der Waals surface area contributed by atoms with Gasteiger partial charge < -0.3 is 16.2 Å². The Kier molecular flexibility index (Phi) is 35.0. The van der Waals surface area contributed by atoms with Gasteiger partial charge in [-0.05, 0) is 67.0 Å². The summed E-state index contributed by atoms with van der Waals surface area (Å²) >= 11 is 2.45. The molecule has 0 saturated carbocycles. The largest absolute Gasteiger partial charge is 0.475 e. The van der Waals surface area contributed by atoms with Crippen molar-refractivity contribution in [2.24, 2.45) is 17.6 Å². The number of nitrogens with two attached hydrogens (primary N) is 1. The van der Waals surface area contributed by atoms with Crippen molar-refractivity contribution in [1.29, 1.82) is 0 Å². The molecule has 4 N–H and O–H groups in total. The molecule has 7 nitrogen and oxygen atoms in total. The molecule has 0 spiro atoms. The van der Waals surface area contributed by atoms with Gasteiger partial charge in [-0.1, -0.05) is 168 Å². The average molecular weight is 777 g/mol. The molecular formula is C44H76N2O5S2. The van der Waals surface area contributed by atoms with Gasteiger partial charge in [0.2, 0.25) is 0 Å². The molecule has 0 aliphatic rings. The molecule has 2 unspecified atom stereocenters. The van der Waals surface area contributed by atoms with E-state index < -0.39 is 23.4 Å². The lowest BCUT2D eigenvalue weighted by Gasteiger charge is -2.17. The SMILES string of the molecule is CCCCCCCCC(CCCCCC)CNC(=O)C(=O)c1cccs1.CCCCCCCCC(CN)CCCCCC.O=C(O)C(=O)c1cccs1. The number of carboxylic acids is 1. The fraction of sp³-hybridized carbons (Fsp3) is 0.727. The van der Waals surface area contributed by atoms with Crippen LogP contribution < -0.4 is 11.1 Å². The first kappa shape index (κ1) is 50.6. The normalized spacial score (nSPS) is 11.8. The highest BCUT2D eigenvalue weighted by molar-refractivity contribution is 7.13. The van der Waals surface area contributed by atoms with Gasteiger partial charge in [-0.25, -0.2) is 4.79 Å². The Bertz CT molecular complexity index is 1140. The molecule has 2 heterocycles. The van der Waals surface area contributed by atoms with Gasteiger partial charge in [-0.2, -0.15) is 0 Å². The van der Waals surface area contributed by atoms with E-state index in [4.69, 9.17) is 10.8 Å². The van der Waals surface area contributed by atoms with E-state index in [-0.39, 0.29) is 4.88 Å². The molecule has 1 amide bonds. The van der Waals surface area contributed by atoms with Gasteiger partial charge in [-0.3, -0.25) is 14.4 Å². The van der Waals surface area contributed by atoms with Crippen molar-refractivity contribution in [1.82, 2.24) is 5.32 Å². The first-order valence-corrected chi connectivity index (χ1v) is 22.9. The van der Waals surface area contributed by atoms with Crippen LogP contribution in [0.2, 0.25) is 0 Å². The lowest BCUT2D eigenvalue weighted by molar-refractivity contribution is -0.131. The second kappa shape index (κ2) is 36.6. The smallest absolute Gasteiger partial charge is 0.378 e. The summed E-state index contributed by atoms with van der Waals surface area (Å²) in [6.07, 6.45) is 31.9. The maximum Gasteiger partial charge on any atom is 0.378 e. The first-order valence-electron chi connectivity index (χ1n) is 21.1. The van der Waals surface area contributed by atoms with E-state index in [1.165, 1.54) is 159 Å². The summed E-state index contributed by atoms with van der Waals surface area (Å²) in [6.45, 7) is 10.6. The molecule has 0 aliphatic carbocycles. The lowest BCUT2D eigenvalue weighted by Crippen LogP contribution is -2.34. The number of hydrogen-bond acceptors (Lipinski definition) is 7. The summed E-state index contributed by atoms with van der Waals surface area (Å²) in [5, 5.41) is 14.6. The molecule has 0 saturated heterocycles. The molecule has 304 valence electrons. The molecule has 2 atom stereocenters. The van der Waals surface area contributed by atoms with Gasteiger partial charge >= 0.3 is 5.97 Å². The summed E-state index contributed by atoms with van der Waals surface area (Å²) < 4.78 is 0. The number of carbonyl (C=O) groups excluding carboxylic acids is 3. The van der Waals surface area contributed by atoms with Gasteiger partial charge in [-0.15, -0.1) is 22.7 Å². The van der Waals surface area contributed by atoms with Gasteiger partial charge in [0.15, 0.2) is 0 Å². The monoisotopic (exact) mass is 777 g/mol. The Morgan fingerprint density at radius 3 is 1.28 bits per heavy atom. The van der Waals surface area contributed by atoms with Crippen LogP contribution in [0.1, 0.15) is 201 Å². The molecule has 2 rings (SSSR count). The maximum absolute atomic E-state index is 12.1. The summed E-state index contributed by atoms with van der Waals surface area (Å²) in [7, 11) is 0. The number of thiophene rings is 2. The third-order valence-corrected chi connectivity index (χ3v) is 11.4. The fourth-order valence-electron chi connectivity index (χ4n) is 6.22. The molecular weight excluding hydrogens is 701 g/mol. The number of ketones is 2. The van der Waals surface area contributed by atoms with Crippen molar-refractivity contribution >= 4 is 46.1 Å². The van der Waals surface area contributed by atoms with Crippen LogP contribution in [0.5, 0.6) is 0 Å². The standard InChI is InChI=1S/C22H37NO2S.C16H35N.C6H4O3S/c1-3-5-7-9-10-12-15-19(14-11-8-6-4-2)18-23-22(25)21(24)20-16-13-17-26-20;1-3-5-7-9-10-12-14-16(15-17)13-11-8-6-4-2;7-5(6(8)9)4-2-1-3-10-4/h13,16-17,19H,3-12,14-15,18H2,1-2H3,(H,23,25);16H,3-15,17H2,1-2H3;1-3H,(H,8,9). The van der Waals surface area contributed by atoms with Crippen molar-refractivity contribution < 1.29 is 24.3 Å². The minimum absolute atomic E-state index is 0.271. The van der Waals surface area contributed by atoms with E-state index in [2.05, 4.69) is 33.0 Å². The number of hydrogen-bond donors (Lipinski definition) is 3. The topological polar surface area (TPSA) is 127 Å². The number of rotatable bonds is 31. The van der Waals surface area contributed by atoms with Crippen molar-refractivity contribution in [3.8, 4) is 0 Å². The van der Waals surface area contributed by atoms with Gasteiger partial charge in [0, 0.05) is 6.54 Å². The highest BCUT2D eigenvalue weighted by atomic mass is 32.1. The van der Waals surface area contributed by atoms with Crippen LogP contribution in [-0.2, 0) is 9.59 Å². The van der Waals surface area contributed by atoms with Crippen LogP contribution in [0.4, 0.5) is 0 Å². The maximum atomic E-state index is 12.1. The second-order valence-corrected chi connectivity index (χ2v) is 16.3. The fourth-order valence-corrected chi connectivity index (χ4v) is 7.54. The number of carboxylic acid groups (broad SMARTS) is 1. The minimum atomic E-state index is -1.40. The Labute approximate surface area is 331 Å². The lowest BCUT2D eigenvalue weighted by atomic mass is 9.94. The Morgan fingerprint density at radius 1 is 0.566 bits per heavy atom. The molecule has 0 radical (unpaired) electrons. The van der Waals surface area contributed by atoms with Gasteiger partial charge in [0.05, 0.1) is 9.75 Å². The molecule has 2 aromatic rings.